The number of benzene rings is 1. The third kappa shape index (κ3) is 6.91. The predicted octanol–water partition coefficient (Wildman–Crippen LogP) is 2.63. The quantitative estimate of drug-likeness (QED) is 0.174. The number of aryl methyl sites for hydroxylation is 1. The first-order valence-electron chi connectivity index (χ1n) is 11.8. The molecule has 0 atom stereocenters. The number of nitrogens with zero attached hydrogens (tertiary/aromatic N) is 3. The standard InChI is InChI=1S/C24H26ClN7O4S2/c1-14(33)31-32-19(27-30-24(32)37-13-21(35)29-28-20(34)12-25)11-17-16-9-5-6-10-18(16)38-23(17)26-22(36)15-7-3-2-4-8-15/h2-4,7-8H,5-6,9-13H2,1H3,(H,26,36)(H,28,34)(H,29,35)(H,31,33). The first-order valence-corrected chi connectivity index (χ1v) is 14.2. The van der Waals surface area contributed by atoms with E-state index in [0.717, 1.165) is 48.0 Å². The van der Waals surface area contributed by atoms with Gasteiger partial charge in [0.2, 0.25) is 17.0 Å². The number of halogens is 1. The zero-order valence-corrected chi connectivity index (χ0v) is 22.9. The molecule has 3 aromatic rings. The van der Waals surface area contributed by atoms with Crippen molar-refractivity contribution in [2.45, 2.75) is 44.2 Å². The van der Waals surface area contributed by atoms with Crippen LogP contribution in [0.2, 0.25) is 0 Å². The van der Waals surface area contributed by atoms with Gasteiger partial charge in [0.1, 0.15) is 5.88 Å². The van der Waals surface area contributed by atoms with E-state index in [9.17, 15) is 19.2 Å². The summed E-state index contributed by atoms with van der Waals surface area (Å²) in [5.41, 5.74) is 9.86. The summed E-state index contributed by atoms with van der Waals surface area (Å²) in [6, 6.07) is 9.01. The zero-order valence-electron chi connectivity index (χ0n) is 20.5. The van der Waals surface area contributed by atoms with Crippen LogP contribution in [0.15, 0.2) is 35.5 Å². The number of carbonyl (C=O) groups is 4. The second-order valence-corrected chi connectivity index (χ2v) is 10.8. The second kappa shape index (κ2) is 12.9. The number of hydrazine groups is 1. The molecule has 0 bridgehead atoms. The molecule has 1 aliphatic carbocycles. The molecule has 11 nitrogen and oxygen atoms in total. The Morgan fingerprint density at radius 2 is 1.79 bits per heavy atom. The number of thiophene rings is 1. The third-order valence-electron chi connectivity index (χ3n) is 5.64. The van der Waals surface area contributed by atoms with Crippen molar-refractivity contribution in [2.75, 3.05) is 22.4 Å². The second-order valence-electron chi connectivity index (χ2n) is 8.44. The van der Waals surface area contributed by atoms with Crippen LogP contribution in [-0.2, 0) is 33.6 Å². The van der Waals surface area contributed by atoms with E-state index in [1.54, 1.807) is 23.5 Å². The molecular weight excluding hydrogens is 550 g/mol. The maximum absolute atomic E-state index is 12.9. The van der Waals surface area contributed by atoms with E-state index in [2.05, 4.69) is 31.8 Å². The summed E-state index contributed by atoms with van der Waals surface area (Å²) in [7, 11) is 0. The summed E-state index contributed by atoms with van der Waals surface area (Å²) in [6.45, 7) is 1.37. The molecule has 0 saturated carbocycles. The summed E-state index contributed by atoms with van der Waals surface area (Å²) >= 11 is 8.02. The van der Waals surface area contributed by atoms with Crippen LogP contribution >= 0.6 is 34.7 Å². The van der Waals surface area contributed by atoms with Crippen molar-refractivity contribution in [2.24, 2.45) is 0 Å². The number of rotatable bonds is 9. The molecule has 0 saturated heterocycles. The minimum Gasteiger partial charge on any atom is -0.313 e. The van der Waals surface area contributed by atoms with Gasteiger partial charge in [-0.05, 0) is 48.9 Å². The van der Waals surface area contributed by atoms with Crippen LogP contribution in [0.3, 0.4) is 0 Å². The molecule has 1 aliphatic rings. The molecule has 38 heavy (non-hydrogen) atoms. The number of hydrogen-bond acceptors (Lipinski definition) is 8. The van der Waals surface area contributed by atoms with Gasteiger partial charge in [-0.1, -0.05) is 30.0 Å². The number of anilines is 1. The highest BCUT2D eigenvalue weighted by Gasteiger charge is 2.25. The first-order chi connectivity index (χ1) is 18.4. The fourth-order valence-corrected chi connectivity index (χ4v) is 6.04. The van der Waals surface area contributed by atoms with Crippen LogP contribution in [0, 0.1) is 0 Å². The number of nitrogens with one attached hydrogen (secondary N) is 4. The average molecular weight is 576 g/mol. The fraction of sp³-hybridized carbons (Fsp3) is 0.333. The van der Waals surface area contributed by atoms with Gasteiger partial charge in [-0.3, -0.25) is 35.5 Å². The number of thioether (sulfide) groups is 1. The summed E-state index contributed by atoms with van der Waals surface area (Å²) in [6.07, 6.45) is 4.31. The van der Waals surface area contributed by atoms with Gasteiger partial charge in [0.25, 0.3) is 11.8 Å². The molecule has 1 aromatic carbocycles. The topological polar surface area (TPSA) is 147 Å². The van der Waals surface area contributed by atoms with Gasteiger partial charge in [-0.25, -0.2) is 4.68 Å². The van der Waals surface area contributed by atoms with Crippen LogP contribution in [0.25, 0.3) is 0 Å². The lowest BCUT2D eigenvalue weighted by atomic mass is 9.94. The molecule has 0 spiro atoms. The van der Waals surface area contributed by atoms with Gasteiger partial charge >= 0.3 is 0 Å². The Bertz CT molecular complexity index is 1340. The van der Waals surface area contributed by atoms with Crippen LogP contribution in [0.4, 0.5) is 5.00 Å². The van der Waals surface area contributed by atoms with Crippen LogP contribution in [0.5, 0.6) is 0 Å². The highest BCUT2D eigenvalue weighted by molar-refractivity contribution is 7.99. The van der Waals surface area contributed by atoms with E-state index in [-0.39, 0.29) is 23.4 Å². The van der Waals surface area contributed by atoms with E-state index in [1.165, 1.54) is 22.0 Å². The molecule has 0 unspecified atom stereocenters. The molecular formula is C24H26ClN7O4S2. The SMILES string of the molecule is CC(=O)Nn1c(Cc2c(NC(=O)c3ccccc3)sc3c2CCCC3)nnc1SCC(=O)NNC(=O)CCl. The Morgan fingerprint density at radius 3 is 2.53 bits per heavy atom. The molecule has 0 aliphatic heterocycles. The molecule has 200 valence electrons. The largest absolute Gasteiger partial charge is 0.313 e. The Kier molecular flexibility index (Phi) is 9.37. The molecule has 0 fully saturated rings. The molecule has 14 heteroatoms. The lowest BCUT2D eigenvalue weighted by molar-refractivity contribution is -0.126. The smallest absolute Gasteiger partial charge is 0.256 e. The number of alkyl halides is 1. The lowest BCUT2D eigenvalue weighted by Gasteiger charge is -2.14. The van der Waals surface area contributed by atoms with Crippen molar-refractivity contribution in [3.8, 4) is 0 Å². The Labute approximate surface area is 232 Å². The molecule has 2 heterocycles. The summed E-state index contributed by atoms with van der Waals surface area (Å²) in [5, 5.41) is 12.6. The highest BCUT2D eigenvalue weighted by atomic mass is 35.5. The number of fused-ring (bicyclic) bond motifs is 1. The lowest BCUT2D eigenvalue weighted by Crippen LogP contribution is -2.43. The molecule has 2 aromatic heterocycles. The maximum atomic E-state index is 12.9. The fourth-order valence-electron chi connectivity index (χ4n) is 3.96. The normalized spacial score (nSPS) is 12.4. The van der Waals surface area contributed by atoms with Crippen molar-refractivity contribution in [1.29, 1.82) is 0 Å². The van der Waals surface area contributed by atoms with Crippen LogP contribution < -0.4 is 21.6 Å². The Hall–Kier alpha value is -3.42. The molecule has 4 amide bonds. The minimum absolute atomic E-state index is 0.0908. The van der Waals surface area contributed by atoms with E-state index in [1.807, 2.05) is 18.2 Å². The first kappa shape index (κ1) is 27.6. The monoisotopic (exact) mass is 575 g/mol. The molecule has 4 rings (SSSR count). The van der Waals surface area contributed by atoms with Gasteiger partial charge in [-0.15, -0.1) is 33.1 Å². The van der Waals surface area contributed by atoms with Crippen molar-refractivity contribution in [1.82, 2.24) is 25.7 Å². The van der Waals surface area contributed by atoms with E-state index in [0.29, 0.717) is 23.0 Å². The Morgan fingerprint density at radius 1 is 1.05 bits per heavy atom. The Balaban J connectivity index is 1.57. The van der Waals surface area contributed by atoms with Crippen molar-refractivity contribution >= 4 is 63.3 Å². The number of amides is 4. The highest BCUT2D eigenvalue weighted by Crippen LogP contribution is 2.39. The van der Waals surface area contributed by atoms with Crippen LogP contribution in [0.1, 0.15) is 52.0 Å². The third-order valence-corrected chi connectivity index (χ3v) is 8.06. The van der Waals surface area contributed by atoms with Crippen molar-refractivity contribution in [3.05, 3.63) is 57.7 Å². The predicted molar refractivity (Wildman–Crippen MR) is 146 cm³/mol. The van der Waals surface area contributed by atoms with E-state index < -0.39 is 11.8 Å². The van der Waals surface area contributed by atoms with E-state index >= 15 is 0 Å². The van der Waals surface area contributed by atoms with Crippen LogP contribution in [-0.4, -0.2) is 50.1 Å². The van der Waals surface area contributed by atoms with Gasteiger partial charge in [0.05, 0.1) is 10.8 Å². The maximum Gasteiger partial charge on any atom is 0.256 e. The summed E-state index contributed by atoms with van der Waals surface area (Å²) in [5.74, 6) is -1.47. The van der Waals surface area contributed by atoms with Gasteiger partial charge in [-0.2, -0.15) is 0 Å². The average Bonchev–Trinajstić information content (AvgIpc) is 3.46. The summed E-state index contributed by atoms with van der Waals surface area (Å²) < 4.78 is 1.45. The molecule has 0 radical (unpaired) electrons. The van der Waals surface area contributed by atoms with Gasteiger partial charge < -0.3 is 5.32 Å². The number of carbonyl (C=O) groups excluding carboxylic acids is 4. The minimum atomic E-state index is -0.539. The van der Waals surface area contributed by atoms with E-state index in [4.69, 9.17) is 11.6 Å². The van der Waals surface area contributed by atoms with Gasteiger partial charge in [0, 0.05) is 23.8 Å². The van der Waals surface area contributed by atoms with Crippen molar-refractivity contribution < 1.29 is 19.2 Å². The summed E-state index contributed by atoms with van der Waals surface area (Å²) in [4.78, 5) is 49.5. The van der Waals surface area contributed by atoms with Gasteiger partial charge in [0.15, 0.2) is 5.82 Å². The zero-order chi connectivity index (χ0) is 27.1. The number of aromatic nitrogens is 3. The van der Waals surface area contributed by atoms with Crippen molar-refractivity contribution in [3.63, 3.8) is 0 Å². The number of hydrogen-bond donors (Lipinski definition) is 4. The molecule has 4 N–H and O–H groups in total.